The highest BCUT2D eigenvalue weighted by atomic mass is 32.1. The smallest absolute Gasteiger partial charge is 0.271 e. The minimum Gasteiger partial charge on any atom is -0.341 e. The van der Waals surface area contributed by atoms with Gasteiger partial charge in [0.2, 0.25) is 11.8 Å². The molecule has 2 aliphatic rings. The van der Waals surface area contributed by atoms with Crippen LogP contribution in [0.3, 0.4) is 0 Å². The second-order valence-corrected chi connectivity index (χ2v) is 7.57. The second kappa shape index (κ2) is 7.16. The average Bonchev–Trinajstić information content (AvgIpc) is 3.35. The number of hydrogen-bond donors (Lipinski definition) is 1. The lowest BCUT2D eigenvalue weighted by molar-refractivity contribution is -0.146. The number of hydrogen-bond acceptors (Lipinski definition) is 6. The van der Waals surface area contributed by atoms with E-state index in [-0.39, 0.29) is 23.9 Å². The van der Waals surface area contributed by atoms with Crippen molar-refractivity contribution >= 4 is 33.4 Å². The highest BCUT2D eigenvalue weighted by Gasteiger charge is 2.35. The van der Waals surface area contributed by atoms with Gasteiger partial charge >= 0.3 is 0 Å². The minimum absolute atomic E-state index is 0.00207. The zero-order chi connectivity index (χ0) is 18.1. The topological polar surface area (TPSA) is 87.5 Å². The van der Waals surface area contributed by atoms with Crippen molar-refractivity contribution in [1.82, 2.24) is 24.7 Å². The summed E-state index contributed by atoms with van der Waals surface area (Å²) in [5.41, 5.74) is 0.434. The molecule has 0 radical (unpaired) electrons. The van der Waals surface area contributed by atoms with Gasteiger partial charge in [0.15, 0.2) is 0 Å². The molecule has 0 aliphatic carbocycles. The standard InChI is InChI=1S/C17H21N5O3S/c23-14(10-21-11-19-12-3-8-26-15(12)17(21)25)22-7-4-18-9-13(22)16(24)20-5-1-2-6-20/h3,8,11,13,18H,1-2,4-7,9-10H2/t13-/m0/s1. The van der Waals surface area contributed by atoms with Crippen molar-refractivity contribution in [3.63, 3.8) is 0 Å². The molecule has 0 unspecified atom stereocenters. The average molecular weight is 375 g/mol. The first-order valence-electron chi connectivity index (χ1n) is 8.87. The number of fused-ring (bicyclic) bond motifs is 1. The Kier molecular flexibility index (Phi) is 4.73. The van der Waals surface area contributed by atoms with Crippen molar-refractivity contribution in [3.8, 4) is 0 Å². The Morgan fingerprint density at radius 2 is 2.08 bits per heavy atom. The Morgan fingerprint density at radius 3 is 2.88 bits per heavy atom. The molecule has 2 aromatic heterocycles. The van der Waals surface area contributed by atoms with Crippen LogP contribution >= 0.6 is 11.3 Å². The van der Waals surface area contributed by atoms with Crippen molar-refractivity contribution < 1.29 is 9.59 Å². The molecule has 4 rings (SSSR count). The first kappa shape index (κ1) is 17.2. The number of nitrogens with one attached hydrogen (secondary N) is 1. The molecule has 2 aromatic rings. The minimum atomic E-state index is -0.497. The van der Waals surface area contributed by atoms with Gasteiger partial charge in [-0.15, -0.1) is 11.3 Å². The van der Waals surface area contributed by atoms with Gasteiger partial charge in [0.05, 0.1) is 11.8 Å². The molecular formula is C17H21N5O3S. The maximum Gasteiger partial charge on any atom is 0.271 e. The number of carbonyl (C=O) groups is 2. The molecule has 8 nitrogen and oxygen atoms in total. The van der Waals surface area contributed by atoms with E-state index in [9.17, 15) is 14.4 Å². The van der Waals surface area contributed by atoms with Crippen LogP contribution in [0.5, 0.6) is 0 Å². The van der Waals surface area contributed by atoms with Gasteiger partial charge in [-0.2, -0.15) is 0 Å². The van der Waals surface area contributed by atoms with Crippen LogP contribution in [0.4, 0.5) is 0 Å². The van der Waals surface area contributed by atoms with Crippen molar-refractivity contribution in [1.29, 1.82) is 0 Å². The SMILES string of the molecule is O=C([C@@H]1CNCCN1C(=O)Cn1cnc2ccsc2c1=O)N1CCCC1. The van der Waals surface area contributed by atoms with Crippen molar-refractivity contribution in [2.45, 2.75) is 25.4 Å². The first-order valence-corrected chi connectivity index (χ1v) is 9.75. The van der Waals surface area contributed by atoms with Crippen molar-refractivity contribution in [2.24, 2.45) is 0 Å². The number of rotatable bonds is 3. The number of thiophene rings is 1. The van der Waals surface area contributed by atoms with E-state index in [4.69, 9.17) is 0 Å². The van der Waals surface area contributed by atoms with Crippen molar-refractivity contribution in [2.75, 3.05) is 32.7 Å². The Hall–Kier alpha value is -2.26. The number of nitrogens with zero attached hydrogens (tertiary/aromatic N) is 4. The monoisotopic (exact) mass is 375 g/mol. The maximum atomic E-state index is 12.9. The van der Waals surface area contributed by atoms with Crippen LogP contribution in [0.25, 0.3) is 10.2 Å². The van der Waals surface area contributed by atoms with E-state index in [1.165, 1.54) is 22.2 Å². The van der Waals surface area contributed by atoms with Gasteiger partial charge in [0.25, 0.3) is 5.56 Å². The predicted molar refractivity (Wildman–Crippen MR) is 98.1 cm³/mol. The summed E-state index contributed by atoms with van der Waals surface area (Å²) in [6.45, 7) is 2.99. The lowest BCUT2D eigenvalue weighted by atomic mass is 10.1. The maximum absolute atomic E-state index is 12.9. The van der Waals surface area contributed by atoms with Crippen LogP contribution in [0.15, 0.2) is 22.6 Å². The van der Waals surface area contributed by atoms with Gasteiger partial charge in [0, 0.05) is 32.7 Å². The molecule has 0 aromatic carbocycles. The molecule has 138 valence electrons. The second-order valence-electron chi connectivity index (χ2n) is 6.65. The van der Waals surface area contributed by atoms with Crippen LogP contribution in [-0.2, 0) is 16.1 Å². The first-order chi connectivity index (χ1) is 12.6. The lowest BCUT2D eigenvalue weighted by Gasteiger charge is -2.37. The molecule has 2 fully saturated rings. The Balaban J connectivity index is 1.53. The fourth-order valence-electron chi connectivity index (χ4n) is 3.60. The molecule has 2 amide bonds. The van der Waals surface area contributed by atoms with E-state index in [2.05, 4.69) is 10.3 Å². The van der Waals surface area contributed by atoms with Gasteiger partial charge in [0.1, 0.15) is 17.3 Å². The Bertz CT molecular complexity index is 886. The van der Waals surface area contributed by atoms with E-state index in [0.29, 0.717) is 29.9 Å². The van der Waals surface area contributed by atoms with Crippen molar-refractivity contribution in [3.05, 3.63) is 28.1 Å². The number of piperazine rings is 1. The zero-order valence-electron chi connectivity index (χ0n) is 14.4. The quantitative estimate of drug-likeness (QED) is 0.808. The van der Waals surface area contributed by atoms with Gasteiger partial charge < -0.3 is 15.1 Å². The fraction of sp³-hybridized carbons (Fsp3) is 0.529. The van der Waals surface area contributed by atoms with Gasteiger partial charge in [-0.3, -0.25) is 19.0 Å². The number of aromatic nitrogens is 2. The largest absolute Gasteiger partial charge is 0.341 e. The molecule has 26 heavy (non-hydrogen) atoms. The molecule has 1 N–H and O–H groups in total. The van der Waals surface area contributed by atoms with Gasteiger partial charge in [-0.1, -0.05) is 0 Å². The molecule has 0 saturated carbocycles. The molecular weight excluding hydrogens is 354 g/mol. The van der Waals surface area contributed by atoms with E-state index in [1.807, 2.05) is 10.3 Å². The third kappa shape index (κ3) is 3.12. The fourth-order valence-corrected chi connectivity index (χ4v) is 4.39. The van der Waals surface area contributed by atoms with Crippen LogP contribution in [0.2, 0.25) is 0 Å². The third-order valence-electron chi connectivity index (χ3n) is 5.01. The summed E-state index contributed by atoms with van der Waals surface area (Å²) in [5.74, 6) is -0.217. The lowest BCUT2D eigenvalue weighted by Crippen LogP contribution is -2.60. The van der Waals surface area contributed by atoms with Crippen LogP contribution < -0.4 is 10.9 Å². The number of amides is 2. The molecule has 9 heteroatoms. The van der Waals surface area contributed by atoms with Gasteiger partial charge in [-0.25, -0.2) is 4.98 Å². The summed E-state index contributed by atoms with van der Waals surface area (Å²) in [6, 6.07) is 1.29. The van der Waals surface area contributed by atoms with E-state index in [0.717, 1.165) is 25.9 Å². The number of carbonyl (C=O) groups excluding carboxylic acids is 2. The van der Waals surface area contributed by atoms with E-state index in [1.54, 1.807) is 11.0 Å². The van der Waals surface area contributed by atoms with Crippen LogP contribution in [-0.4, -0.2) is 69.9 Å². The highest BCUT2D eigenvalue weighted by molar-refractivity contribution is 7.17. The number of likely N-dealkylation sites (tertiary alicyclic amines) is 1. The van der Waals surface area contributed by atoms with Crippen LogP contribution in [0, 0.1) is 0 Å². The summed E-state index contributed by atoms with van der Waals surface area (Å²) in [5, 5.41) is 5.01. The molecule has 4 heterocycles. The molecule has 2 saturated heterocycles. The molecule has 2 aliphatic heterocycles. The third-order valence-corrected chi connectivity index (χ3v) is 5.90. The Morgan fingerprint density at radius 1 is 1.27 bits per heavy atom. The molecule has 0 bridgehead atoms. The summed E-state index contributed by atoms with van der Waals surface area (Å²) in [6.07, 6.45) is 3.44. The summed E-state index contributed by atoms with van der Waals surface area (Å²) in [4.78, 5) is 45.8. The summed E-state index contributed by atoms with van der Waals surface area (Å²) in [7, 11) is 0. The molecule has 0 spiro atoms. The normalized spacial score (nSPS) is 20.7. The van der Waals surface area contributed by atoms with Gasteiger partial charge in [-0.05, 0) is 24.3 Å². The van der Waals surface area contributed by atoms with E-state index < -0.39 is 6.04 Å². The summed E-state index contributed by atoms with van der Waals surface area (Å²) >= 11 is 1.32. The Labute approximate surface area is 154 Å². The predicted octanol–water partition coefficient (Wildman–Crippen LogP) is -0.119. The van der Waals surface area contributed by atoms with Crippen LogP contribution in [0.1, 0.15) is 12.8 Å². The van der Waals surface area contributed by atoms with E-state index >= 15 is 0 Å². The highest BCUT2D eigenvalue weighted by Crippen LogP contribution is 2.15. The summed E-state index contributed by atoms with van der Waals surface area (Å²) < 4.78 is 1.88. The molecule has 1 atom stereocenters. The zero-order valence-corrected chi connectivity index (χ0v) is 15.2.